The van der Waals surface area contributed by atoms with E-state index in [0.717, 1.165) is 0 Å². The lowest BCUT2D eigenvalue weighted by atomic mass is 12.0. The normalized spacial score (nSPS) is 15.0. The summed E-state index contributed by atoms with van der Waals surface area (Å²) in [6.07, 6.45) is 1.52. The molecule has 0 unspecified atom stereocenters. The zero-order valence-corrected chi connectivity index (χ0v) is 15.5. The van der Waals surface area contributed by atoms with Gasteiger partial charge in [-0.1, -0.05) is 0 Å². The van der Waals surface area contributed by atoms with Crippen molar-refractivity contribution in [3.8, 4) is 0 Å². The van der Waals surface area contributed by atoms with Crippen LogP contribution in [0.3, 0.4) is 0 Å². The molecule has 128 valence electrons. The first-order chi connectivity index (χ1) is 8.83. The van der Waals surface area contributed by atoms with Gasteiger partial charge in [0.05, 0.1) is 25.0 Å². The molecular weight excluding hydrogens is 395 g/mol. The molecule has 0 heterocycles. The van der Waals surface area contributed by atoms with E-state index in [9.17, 15) is 33.7 Å². The summed E-state index contributed by atoms with van der Waals surface area (Å²) in [5, 5.41) is 0. The predicted molar refractivity (Wildman–Crippen MR) is 69.5 cm³/mol. The highest BCUT2D eigenvalue weighted by molar-refractivity contribution is 7.91. The molecule has 0 aliphatic rings. The van der Waals surface area contributed by atoms with Gasteiger partial charge < -0.3 is 12.9 Å². The topological polar surface area (TPSA) is 173 Å². The SMILES string of the molecule is CS(=O)(=O)[O][Al-]([O]S(C)(=O)=O)([O]S(C)(=O)=O)[O]S(C)(=O)=O. The Kier molecular flexibility index (Phi) is 6.40. The van der Waals surface area contributed by atoms with Crippen molar-refractivity contribution in [2.75, 3.05) is 25.0 Å². The van der Waals surface area contributed by atoms with Crippen molar-refractivity contribution in [3.05, 3.63) is 0 Å². The molecule has 0 aliphatic heterocycles. The number of rotatable bonds is 8. The summed E-state index contributed by atoms with van der Waals surface area (Å²) >= 11 is -6.04. The summed E-state index contributed by atoms with van der Waals surface area (Å²) in [7, 11) is -18.4. The third-order valence-corrected chi connectivity index (χ3v) is 10.5. The van der Waals surface area contributed by atoms with E-state index >= 15 is 0 Å². The van der Waals surface area contributed by atoms with Crippen LogP contribution in [-0.2, 0) is 53.4 Å². The summed E-state index contributed by atoms with van der Waals surface area (Å²) in [6, 6.07) is 0. The summed E-state index contributed by atoms with van der Waals surface area (Å²) in [4.78, 5) is 0. The van der Waals surface area contributed by atoms with Crippen LogP contribution < -0.4 is 0 Å². The van der Waals surface area contributed by atoms with E-state index in [1.807, 2.05) is 0 Å². The Labute approximate surface area is 126 Å². The molecule has 0 aliphatic carbocycles. The van der Waals surface area contributed by atoms with Crippen molar-refractivity contribution in [1.82, 2.24) is 0 Å². The smallest absolute Gasteiger partial charge is 0.473 e. The molecule has 0 bridgehead atoms. The molecule has 0 saturated carbocycles. The van der Waals surface area contributed by atoms with Crippen molar-refractivity contribution < 1.29 is 46.6 Å². The minimum Gasteiger partial charge on any atom is -0.473 e. The van der Waals surface area contributed by atoms with Crippen LogP contribution in [0.1, 0.15) is 0 Å². The molecule has 17 heteroatoms. The average Bonchev–Trinajstić information content (AvgIpc) is 1.83. The van der Waals surface area contributed by atoms with Gasteiger partial charge in [0.2, 0.25) is 40.5 Å². The van der Waals surface area contributed by atoms with E-state index in [1.54, 1.807) is 0 Å². The van der Waals surface area contributed by atoms with Crippen molar-refractivity contribution in [2.45, 2.75) is 0 Å². The molecule has 0 aromatic carbocycles. The Balaban J connectivity index is 6.18. The van der Waals surface area contributed by atoms with Crippen molar-refractivity contribution in [3.63, 3.8) is 0 Å². The number of hydrogen-bond acceptors (Lipinski definition) is 12. The van der Waals surface area contributed by atoms with E-state index in [0.29, 0.717) is 25.0 Å². The van der Waals surface area contributed by atoms with Gasteiger partial charge in [0.15, 0.2) is 0 Å². The van der Waals surface area contributed by atoms with Gasteiger partial charge in [-0.05, 0) is 0 Å². The van der Waals surface area contributed by atoms with Crippen molar-refractivity contribution >= 4 is 54.9 Å². The second kappa shape index (κ2) is 6.35. The van der Waals surface area contributed by atoms with Gasteiger partial charge in [-0.25, -0.2) is 33.7 Å². The standard InChI is InChI=1S/4CH4O3S.Al/c4*1-5(2,3)4;/h4*1H3,(H,2,3,4);/q;;;;+3/p-4. The Hall–Kier alpha value is 0.172. The molecule has 0 radical (unpaired) electrons. The molecular formula is C4H12AlO12S4-. The van der Waals surface area contributed by atoms with Gasteiger partial charge in [-0.15, -0.1) is 0 Å². The molecule has 0 fully saturated rings. The van der Waals surface area contributed by atoms with Gasteiger partial charge in [-0.3, -0.25) is 0 Å². The maximum absolute atomic E-state index is 11.1. The van der Waals surface area contributed by atoms with E-state index in [1.165, 1.54) is 0 Å². The van der Waals surface area contributed by atoms with Crippen LogP contribution in [0.2, 0.25) is 0 Å². The molecule has 0 rings (SSSR count). The maximum Gasteiger partial charge on any atom is 0.932 e. The third kappa shape index (κ3) is 11.4. The zero-order valence-electron chi connectivity index (χ0n) is 11.1. The molecule has 0 atom stereocenters. The lowest BCUT2D eigenvalue weighted by molar-refractivity contribution is 0.179. The largest absolute Gasteiger partial charge is 0.932 e. The highest BCUT2D eigenvalue weighted by atomic mass is 32.2. The second-order valence-electron chi connectivity index (χ2n) is 3.78. The summed E-state index contributed by atoms with van der Waals surface area (Å²) in [6.45, 7) is 0. The zero-order chi connectivity index (χ0) is 17.3. The molecule has 0 N–H and O–H groups in total. The fourth-order valence-electron chi connectivity index (χ4n) is 0.953. The van der Waals surface area contributed by atoms with Crippen molar-refractivity contribution in [2.24, 2.45) is 0 Å². The lowest BCUT2D eigenvalue weighted by Gasteiger charge is -2.31. The highest BCUT2D eigenvalue weighted by Gasteiger charge is 2.59. The lowest BCUT2D eigenvalue weighted by Crippen LogP contribution is -2.53. The predicted octanol–water partition coefficient (Wildman–Crippen LogP) is -2.67. The van der Waals surface area contributed by atoms with Gasteiger partial charge >= 0.3 is 14.4 Å². The fraction of sp³-hybridized carbons (Fsp3) is 1.00. The molecule has 0 aromatic rings. The Morgan fingerprint density at radius 2 is 0.619 bits per heavy atom. The van der Waals surface area contributed by atoms with Crippen LogP contribution in [-0.4, -0.2) is 73.1 Å². The van der Waals surface area contributed by atoms with E-state index in [4.69, 9.17) is 0 Å². The first kappa shape index (κ1) is 21.2. The van der Waals surface area contributed by atoms with E-state index in [2.05, 4.69) is 12.9 Å². The minimum absolute atomic E-state index is 0.380. The summed E-state index contributed by atoms with van der Waals surface area (Å²) in [5.41, 5.74) is 0. The van der Waals surface area contributed by atoms with Crippen LogP contribution >= 0.6 is 0 Å². The maximum atomic E-state index is 11.1. The van der Waals surface area contributed by atoms with Crippen LogP contribution in [0, 0.1) is 0 Å². The summed E-state index contributed by atoms with van der Waals surface area (Å²) < 4.78 is 105. The molecule has 0 amide bonds. The molecule has 0 spiro atoms. The van der Waals surface area contributed by atoms with Crippen LogP contribution in [0.25, 0.3) is 0 Å². The molecule has 21 heavy (non-hydrogen) atoms. The third-order valence-electron chi connectivity index (χ3n) is 1.17. The summed E-state index contributed by atoms with van der Waals surface area (Å²) in [5.74, 6) is 0. The van der Waals surface area contributed by atoms with Gasteiger partial charge in [0.1, 0.15) is 0 Å². The minimum atomic E-state index is -6.04. The van der Waals surface area contributed by atoms with Crippen LogP contribution in [0.5, 0.6) is 0 Å². The van der Waals surface area contributed by atoms with Gasteiger partial charge in [0, 0.05) is 0 Å². The first-order valence-electron chi connectivity index (χ1n) is 4.58. The van der Waals surface area contributed by atoms with Crippen LogP contribution in [0.15, 0.2) is 0 Å². The second-order valence-corrected chi connectivity index (χ2v) is 13.6. The molecule has 12 nitrogen and oxygen atoms in total. The van der Waals surface area contributed by atoms with Crippen molar-refractivity contribution in [1.29, 1.82) is 0 Å². The van der Waals surface area contributed by atoms with E-state index in [-0.39, 0.29) is 0 Å². The van der Waals surface area contributed by atoms with Crippen LogP contribution in [0.4, 0.5) is 0 Å². The van der Waals surface area contributed by atoms with Gasteiger partial charge in [0.25, 0.3) is 0 Å². The molecule has 0 aromatic heterocycles. The average molecular weight is 407 g/mol. The fourth-order valence-corrected chi connectivity index (χ4v) is 10.3. The van der Waals surface area contributed by atoms with Gasteiger partial charge in [-0.2, -0.15) is 0 Å². The first-order valence-corrected chi connectivity index (χ1v) is 13.7. The Morgan fingerprint density at radius 3 is 0.714 bits per heavy atom. The monoisotopic (exact) mass is 407 g/mol. The quantitative estimate of drug-likeness (QED) is 0.382. The van der Waals surface area contributed by atoms with E-state index < -0.39 is 54.9 Å². The highest BCUT2D eigenvalue weighted by Crippen LogP contribution is 2.21. The Morgan fingerprint density at radius 1 is 0.476 bits per heavy atom. The number of hydrogen-bond donors (Lipinski definition) is 0. The Bertz CT molecular complexity index is 644. The molecule has 0 saturated heterocycles.